The molecule has 6 heteroatoms. The molecule has 0 fully saturated rings. The average molecular weight is 332 g/mol. The Balaban J connectivity index is 1.47. The molecule has 2 N–H and O–H groups in total. The first-order chi connectivity index (χ1) is 11.2. The molecule has 0 saturated carbocycles. The standard InChI is InChI=1S/C17H17FN2O2S/c18-13-2-4-14(5-3-13)20-17(23)19-8-7-12-1-6-15-16(11-12)22-10-9-21-15/h1-6,11H,7-10H2,(H2,19,20,23). The van der Waals surface area contributed by atoms with Gasteiger partial charge < -0.3 is 20.1 Å². The summed E-state index contributed by atoms with van der Waals surface area (Å²) in [7, 11) is 0. The summed E-state index contributed by atoms with van der Waals surface area (Å²) in [6.07, 6.45) is 0.807. The van der Waals surface area contributed by atoms with Crippen molar-refractivity contribution in [1.82, 2.24) is 5.32 Å². The molecule has 0 amide bonds. The summed E-state index contributed by atoms with van der Waals surface area (Å²) in [6.45, 7) is 1.87. The Morgan fingerprint density at radius 2 is 1.78 bits per heavy atom. The van der Waals surface area contributed by atoms with E-state index in [1.54, 1.807) is 12.1 Å². The summed E-state index contributed by atoms with van der Waals surface area (Å²) in [5.74, 6) is 1.32. The van der Waals surface area contributed by atoms with Crippen molar-refractivity contribution in [3.8, 4) is 11.5 Å². The van der Waals surface area contributed by atoms with Gasteiger partial charge in [0.05, 0.1) is 0 Å². The highest BCUT2D eigenvalue weighted by Gasteiger charge is 2.11. The summed E-state index contributed by atoms with van der Waals surface area (Å²) in [5.41, 5.74) is 1.90. The van der Waals surface area contributed by atoms with Gasteiger partial charge in [-0.15, -0.1) is 0 Å². The number of rotatable bonds is 4. The van der Waals surface area contributed by atoms with E-state index in [0.29, 0.717) is 24.9 Å². The quantitative estimate of drug-likeness (QED) is 0.842. The van der Waals surface area contributed by atoms with Crippen LogP contribution in [0.4, 0.5) is 10.1 Å². The molecule has 0 aromatic heterocycles. The number of benzene rings is 2. The summed E-state index contributed by atoms with van der Waals surface area (Å²) < 4.78 is 23.9. The van der Waals surface area contributed by atoms with E-state index >= 15 is 0 Å². The van der Waals surface area contributed by atoms with Crippen molar-refractivity contribution in [3.05, 3.63) is 53.8 Å². The van der Waals surface area contributed by atoms with Crippen molar-refractivity contribution >= 4 is 23.0 Å². The summed E-state index contributed by atoms with van der Waals surface area (Å²) in [6, 6.07) is 12.0. The number of fused-ring (bicyclic) bond motifs is 1. The molecule has 0 unspecified atom stereocenters. The molecule has 2 aromatic rings. The van der Waals surface area contributed by atoms with E-state index in [1.807, 2.05) is 18.2 Å². The van der Waals surface area contributed by atoms with Crippen LogP contribution in [0.25, 0.3) is 0 Å². The fourth-order valence-electron chi connectivity index (χ4n) is 2.27. The Kier molecular flexibility index (Phi) is 4.92. The predicted molar refractivity (Wildman–Crippen MR) is 91.8 cm³/mol. The van der Waals surface area contributed by atoms with Crippen LogP contribution in [-0.4, -0.2) is 24.9 Å². The Morgan fingerprint density at radius 1 is 1.04 bits per heavy atom. The molecule has 120 valence electrons. The third-order valence-corrected chi connectivity index (χ3v) is 3.65. The van der Waals surface area contributed by atoms with Crippen LogP contribution in [0, 0.1) is 5.82 Å². The summed E-state index contributed by atoms with van der Waals surface area (Å²) in [4.78, 5) is 0. The number of anilines is 1. The minimum absolute atomic E-state index is 0.270. The van der Waals surface area contributed by atoms with Gasteiger partial charge >= 0.3 is 0 Å². The summed E-state index contributed by atoms with van der Waals surface area (Å²) in [5, 5.41) is 6.65. The van der Waals surface area contributed by atoms with Gasteiger partial charge in [-0.05, 0) is 60.6 Å². The van der Waals surface area contributed by atoms with Gasteiger partial charge in [0.2, 0.25) is 0 Å². The van der Waals surface area contributed by atoms with Crippen LogP contribution in [0.15, 0.2) is 42.5 Å². The molecule has 0 bridgehead atoms. The molecular formula is C17H17FN2O2S. The number of ether oxygens (including phenoxy) is 2. The maximum absolute atomic E-state index is 12.8. The third kappa shape index (κ3) is 4.32. The van der Waals surface area contributed by atoms with Crippen LogP contribution in [0.2, 0.25) is 0 Å². The highest BCUT2D eigenvalue weighted by atomic mass is 32.1. The van der Waals surface area contributed by atoms with Gasteiger partial charge in [-0.3, -0.25) is 0 Å². The van der Waals surface area contributed by atoms with E-state index < -0.39 is 0 Å². The van der Waals surface area contributed by atoms with E-state index in [0.717, 1.165) is 29.2 Å². The monoisotopic (exact) mass is 332 g/mol. The zero-order valence-electron chi connectivity index (χ0n) is 12.5. The van der Waals surface area contributed by atoms with Crippen molar-refractivity contribution in [1.29, 1.82) is 0 Å². The predicted octanol–water partition coefficient (Wildman–Crippen LogP) is 3.13. The first-order valence-electron chi connectivity index (χ1n) is 7.40. The number of nitrogens with one attached hydrogen (secondary N) is 2. The van der Waals surface area contributed by atoms with Crippen LogP contribution in [0.3, 0.4) is 0 Å². The molecule has 23 heavy (non-hydrogen) atoms. The zero-order valence-corrected chi connectivity index (χ0v) is 13.3. The molecule has 0 saturated heterocycles. The third-order valence-electron chi connectivity index (χ3n) is 3.41. The van der Waals surface area contributed by atoms with Crippen LogP contribution >= 0.6 is 12.2 Å². The fourth-order valence-corrected chi connectivity index (χ4v) is 2.49. The second kappa shape index (κ2) is 7.28. The molecule has 4 nitrogen and oxygen atoms in total. The maximum atomic E-state index is 12.8. The number of halogens is 1. The Hall–Kier alpha value is -2.34. The van der Waals surface area contributed by atoms with Gasteiger partial charge in [-0.2, -0.15) is 0 Å². The largest absolute Gasteiger partial charge is 0.486 e. The van der Waals surface area contributed by atoms with Gasteiger partial charge in [-0.25, -0.2) is 4.39 Å². The van der Waals surface area contributed by atoms with Crippen molar-refractivity contribution in [2.24, 2.45) is 0 Å². The molecule has 2 aromatic carbocycles. The van der Waals surface area contributed by atoms with Gasteiger partial charge in [0.25, 0.3) is 0 Å². The highest BCUT2D eigenvalue weighted by Crippen LogP contribution is 2.30. The molecule has 0 aliphatic carbocycles. The average Bonchev–Trinajstić information content (AvgIpc) is 2.57. The smallest absolute Gasteiger partial charge is 0.170 e. The lowest BCUT2D eigenvalue weighted by molar-refractivity contribution is 0.171. The molecule has 3 rings (SSSR count). The second-order valence-corrected chi connectivity index (χ2v) is 5.52. The normalized spacial score (nSPS) is 12.6. The highest BCUT2D eigenvalue weighted by molar-refractivity contribution is 7.80. The molecule has 0 radical (unpaired) electrons. The summed E-state index contributed by atoms with van der Waals surface area (Å²) >= 11 is 5.22. The topological polar surface area (TPSA) is 42.5 Å². The van der Waals surface area contributed by atoms with E-state index in [4.69, 9.17) is 21.7 Å². The number of hydrogen-bond donors (Lipinski definition) is 2. The van der Waals surface area contributed by atoms with Gasteiger partial charge in [0.15, 0.2) is 16.6 Å². The number of thiocarbonyl (C=S) groups is 1. The van der Waals surface area contributed by atoms with Crippen LogP contribution in [-0.2, 0) is 6.42 Å². The van der Waals surface area contributed by atoms with E-state index in [9.17, 15) is 4.39 Å². The van der Waals surface area contributed by atoms with Crippen LogP contribution in [0.5, 0.6) is 11.5 Å². The molecule has 0 spiro atoms. The Bertz CT molecular complexity index is 691. The van der Waals surface area contributed by atoms with E-state index in [1.165, 1.54) is 12.1 Å². The van der Waals surface area contributed by atoms with Crippen molar-refractivity contribution in [2.45, 2.75) is 6.42 Å². The van der Waals surface area contributed by atoms with E-state index in [2.05, 4.69) is 10.6 Å². The lowest BCUT2D eigenvalue weighted by Gasteiger charge is -2.19. The molecule has 0 atom stereocenters. The SMILES string of the molecule is Fc1ccc(NC(=S)NCCc2ccc3c(c2)OCCO3)cc1. The fraction of sp³-hybridized carbons (Fsp3) is 0.235. The lowest BCUT2D eigenvalue weighted by atomic mass is 10.1. The van der Waals surface area contributed by atoms with Gasteiger partial charge in [-0.1, -0.05) is 6.07 Å². The second-order valence-electron chi connectivity index (χ2n) is 5.12. The van der Waals surface area contributed by atoms with Crippen molar-refractivity contribution in [2.75, 3.05) is 25.1 Å². The molecule has 1 heterocycles. The van der Waals surface area contributed by atoms with Crippen molar-refractivity contribution in [3.63, 3.8) is 0 Å². The minimum atomic E-state index is -0.270. The molecule has 1 aliphatic heterocycles. The Labute approximate surface area is 139 Å². The van der Waals surface area contributed by atoms with Crippen LogP contribution < -0.4 is 20.1 Å². The lowest BCUT2D eigenvalue weighted by Crippen LogP contribution is -2.30. The first kappa shape index (κ1) is 15.6. The first-order valence-corrected chi connectivity index (χ1v) is 7.80. The zero-order chi connectivity index (χ0) is 16.1. The minimum Gasteiger partial charge on any atom is -0.486 e. The van der Waals surface area contributed by atoms with Gasteiger partial charge in [0, 0.05) is 12.2 Å². The van der Waals surface area contributed by atoms with Gasteiger partial charge in [0.1, 0.15) is 19.0 Å². The molecule has 1 aliphatic rings. The van der Waals surface area contributed by atoms with Crippen LogP contribution in [0.1, 0.15) is 5.56 Å². The molecular weight excluding hydrogens is 315 g/mol. The van der Waals surface area contributed by atoms with E-state index in [-0.39, 0.29) is 5.82 Å². The number of hydrogen-bond acceptors (Lipinski definition) is 3. The Morgan fingerprint density at radius 3 is 2.57 bits per heavy atom. The van der Waals surface area contributed by atoms with Crippen molar-refractivity contribution < 1.29 is 13.9 Å². The maximum Gasteiger partial charge on any atom is 0.170 e.